The summed E-state index contributed by atoms with van der Waals surface area (Å²) in [7, 11) is 0. The fraction of sp³-hybridized carbons (Fsp3) is 0.632. The fourth-order valence-electron chi connectivity index (χ4n) is 2.11. The van der Waals surface area contributed by atoms with Gasteiger partial charge in [-0.25, -0.2) is 0 Å². The molecule has 0 radical (unpaired) electrons. The van der Waals surface area contributed by atoms with Crippen molar-refractivity contribution in [3.63, 3.8) is 0 Å². The van der Waals surface area contributed by atoms with Crippen molar-refractivity contribution < 1.29 is 9.84 Å². The lowest BCUT2D eigenvalue weighted by Gasteiger charge is -2.14. The molecule has 1 aromatic carbocycles. The van der Waals surface area contributed by atoms with Gasteiger partial charge in [0.25, 0.3) is 0 Å². The first-order valence-electron chi connectivity index (χ1n) is 8.87. The number of hydrogen-bond donors (Lipinski definition) is 3. The molecule has 1 atom stereocenters. The van der Waals surface area contributed by atoms with Gasteiger partial charge in [-0.1, -0.05) is 43.7 Å². The van der Waals surface area contributed by atoms with Gasteiger partial charge in [-0.2, -0.15) is 0 Å². The Balaban J connectivity index is 0.00000576. The van der Waals surface area contributed by atoms with E-state index in [0.717, 1.165) is 44.2 Å². The molecule has 0 saturated heterocycles. The van der Waals surface area contributed by atoms with Crippen LogP contribution < -0.4 is 10.6 Å². The molecule has 25 heavy (non-hydrogen) atoms. The van der Waals surface area contributed by atoms with E-state index < -0.39 is 6.10 Å². The minimum Gasteiger partial charge on any atom is -0.386 e. The molecular weight excluding hydrogens is 429 g/mol. The first-order chi connectivity index (χ1) is 11.5. The lowest BCUT2D eigenvalue weighted by Crippen LogP contribution is -2.38. The van der Waals surface area contributed by atoms with Gasteiger partial charge >= 0.3 is 0 Å². The molecule has 0 aliphatic rings. The van der Waals surface area contributed by atoms with Crippen LogP contribution in [0.3, 0.4) is 0 Å². The van der Waals surface area contributed by atoms with Gasteiger partial charge in [-0.15, -0.1) is 24.0 Å². The van der Waals surface area contributed by atoms with Crippen molar-refractivity contribution in [2.75, 3.05) is 32.8 Å². The molecule has 0 saturated carbocycles. The van der Waals surface area contributed by atoms with Crippen molar-refractivity contribution >= 4 is 29.9 Å². The van der Waals surface area contributed by atoms with E-state index in [2.05, 4.69) is 29.5 Å². The Morgan fingerprint density at radius 2 is 1.88 bits per heavy atom. The Kier molecular flexibility index (Phi) is 13.8. The van der Waals surface area contributed by atoms with Crippen molar-refractivity contribution in [2.24, 2.45) is 10.9 Å². The number of halogens is 1. The first-order valence-corrected chi connectivity index (χ1v) is 8.87. The standard InChI is InChI=1S/C19H33N3O2.HI/c1-5-20-19(21-11-6-12-24-14-15(2)3)22-13-18(23)17-9-7-16(4)8-10-17;/h7-10,15,18,23H,5-6,11-14H2,1-4H3,(H2,20,21,22);1H. The second kappa shape index (κ2) is 14.3. The molecule has 0 aliphatic carbocycles. The minimum absolute atomic E-state index is 0. The predicted molar refractivity (Wildman–Crippen MR) is 116 cm³/mol. The fourth-order valence-corrected chi connectivity index (χ4v) is 2.11. The first kappa shape index (κ1) is 24.1. The molecule has 0 heterocycles. The third-order valence-corrected chi connectivity index (χ3v) is 3.44. The minimum atomic E-state index is -0.588. The average molecular weight is 463 g/mol. The molecule has 0 bridgehead atoms. The summed E-state index contributed by atoms with van der Waals surface area (Å²) in [6, 6.07) is 7.90. The lowest BCUT2D eigenvalue weighted by molar-refractivity contribution is 0.108. The van der Waals surface area contributed by atoms with Crippen molar-refractivity contribution in [2.45, 2.75) is 40.2 Å². The number of rotatable bonds is 10. The largest absolute Gasteiger partial charge is 0.386 e. The van der Waals surface area contributed by atoms with Gasteiger partial charge < -0.3 is 20.5 Å². The molecular formula is C19H34IN3O2. The molecule has 6 heteroatoms. The topological polar surface area (TPSA) is 65.9 Å². The number of aryl methyl sites for hydroxylation is 1. The Bertz CT molecular complexity index is 478. The van der Waals surface area contributed by atoms with Crippen LogP contribution in [0.2, 0.25) is 0 Å². The number of benzene rings is 1. The van der Waals surface area contributed by atoms with E-state index in [4.69, 9.17) is 4.74 Å². The van der Waals surface area contributed by atoms with Gasteiger partial charge in [-0.3, -0.25) is 4.99 Å². The van der Waals surface area contributed by atoms with E-state index in [1.165, 1.54) is 5.56 Å². The molecule has 5 nitrogen and oxygen atoms in total. The van der Waals surface area contributed by atoms with Crippen LogP contribution in [0.5, 0.6) is 0 Å². The van der Waals surface area contributed by atoms with Crippen molar-refractivity contribution in [3.8, 4) is 0 Å². The summed E-state index contributed by atoms with van der Waals surface area (Å²) in [5, 5.41) is 16.7. The number of ether oxygens (including phenoxy) is 1. The van der Waals surface area contributed by atoms with Crippen LogP contribution in [-0.2, 0) is 4.74 Å². The quantitative estimate of drug-likeness (QED) is 0.216. The zero-order valence-electron chi connectivity index (χ0n) is 15.9. The number of nitrogens with zero attached hydrogens (tertiary/aromatic N) is 1. The van der Waals surface area contributed by atoms with Crippen molar-refractivity contribution in [1.29, 1.82) is 0 Å². The molecule has 3 N–H and O–H groups in total. The molecule has 144 valence electrons. The zero-order valence-corrected chi connectivity index (χ0v) is 18.2. The van der Waals surface area contributed by atoms with E-state index in [1.54, 1.807) is 0 Å². The predicted octanol–water partition coefficient (Wildman–Crippen LogP) is 3.26. The van der Waals surface area contributed by atoms with Crippen LogP contribution in [0.4, 0.5) is 0 Å². The third-order valence-electron chi connectivity index (χ3n) is 3.44. The third kappa shape index (κ3) is 11.4. The van der Waals surface area contributed by atoms with Crippen molar-refractivity contribution in [3.05, 3.63) is 35.4 Å². The SMILES string of the molecule is CCNC(=NCC(O)c1ccc(C)cc1)NCCCOCC(C)C.I. The monoisotopic (exact) mass is 463 g/mol. The molecule has 0 aromatic heterocycles. The average Bonchev–Trinajstić information content (AvgIpc) is 2.55. The van der Waals surface area contributed by atoms with E-state index >= 15 is 0 Å². The molecule has 1 aromatic rings. The summed E-state index contributed by atoms with van der Waals surface area (Å²) in [6.45, 7) is 11.8. The van der Waals surface area contributed by atoms with Crippen LogP contribution in [0, 0.1) is 12.8 Å². The number of guanidine groups is 1. The number of aliphatic hydroxyl groups excluding tert-OH is 1. The second-order valence-corrected chi connectivity index (χ2v) is 6.40. The summed E-state index contributed by atoms with van der Waals surface area (Å²) in [5.74, 6) is 1.30. The Morgan fingerprint density at radius 1 is 1.20 bits per heavy atom. The maximum atomic E-state index is 10.2. The van der Waals surface area contributed by atoms with Crippen LogP contribution in [0.1, 0.15) is 44.4 Å². The number of nitrogens with one attached hydrogen (secondary N) is 2. The maximum absolute atomic E-state index is 10.2. The highest BCUT2D eigenvalue weighted by atomic mass is 127. The summed E-state index contributed by atoms with van der Waals surface area (Å²) in [5.41, 5.74) is 2.08. The van der Waals surface area contributed by atoms with Crippen LogP contribution in [0.15, 0.2) is 29.3 Å². The highest BCUT2D eigenvalue weighted by Crippen LogP contribution is 2.13. The van der Waals surface area contributed by atoms with E-state index in [-0.39, 0.29) is 24.0 Å². The highest BCUT2D eigenvalue weighted by Gasteiger charge is 2.07. The number of aliphatic hydroxyl groups is 1. The van der Waals surface area contributed by atoms with Crippen LogP contribution >= 0.6 is 24.0 Å². The van der Waals surface area contributed by atoms with Crippen LogP contribution in [-0.4, -0.2) is 43.9 Å². The maximum Gasteiger partial charge on any atom is 0.191 e. The molecule has 0 amide bonds. The molecule has 1 unspecified atom stereocenters. The van der Waals surface area contributed by atoms with Crippen LogP contribution in [0.25, 0.3) is 0 Å². The second-order valence-electron chi connectivity index (χ2n) is 6.40. The Labute approximate surface area is 169 Å². The van der Waals surface area contributed by atoms with Gasteiger partial charge in [0, 0.05) is 26.3 Å². The lowest BCUT2D eigenvalue weighted by atomic mass is 10.1. The van der Waals surface area contributed by atoms with Gasteiger partial charge in [0.2, 0.25) is 0 Å². The molecule has 0 aliphatic heterocycles. The highest BCUT2D eigenvalue weighted by molar-refractivity contribution is 14.0. The van der Waals surface area contributed by atoms with E-state index in [9.17, 15) is 5.11 Å². The summed E-state index contributed by atoms with van der Waals surface area (Å²) < 4.78 is 5.56. The number of aliphatic imine (C=N–C) groups is 1. The van der Waals surface area contributed by atoms with Gasteiger partial charge in [0.15, 0.2) is 5.96 Å². The van der Waals surface area contributed by atoms with Gasteiger partial charge in [-0.05, 0) is 31.7 Å². The zero-order chi connectivity index (χ0) is 17.8. The van der Waals surface area contributed by atoms with Crippen molar-refractivity contribution in [1.82, 2.24) is 10.6 Å². The molecule has 0 spiro atoms. The Morgan fingerprint density at radius 3 is 2.48 bits per heavy atom. The number of hydrogen-bond acceptors (Lipinski definition) is 3. The molecule has 0 fully saturated rings. The van der Waals surface area contributed by atoms with E-state index in [0.29, 0.717) is 12.5 Å². The summed E-state index contributed by atoms with van der Waals surface area (Å²) in [6.07, 6.45) is 0.341. The summed E-state index contributed by atoms with van der Waals surface area (Å²) >= 11 is 0. The van der Waals surface area contributed by atoms with Gasteiger partial charge in [0.05, 0.1) is 12.6 Å². The van der Waals surface area contributed by atoms with Gasteiger partial charge in [0.1, 0.15) is 0 Å². The molecule has 1 rings (SSSR count). The smallest absolute Gasteiger partial charge is 0.191 e. The normalized spacial score (nSPS) is 12.6. The summed E-state index contributed by atoms with van der Waals surface area (Å²) in [4.78, 5) is 4.46. The Hall–Kier alpha value is -0.860. The van der Waals surface area contributed by atoms with E-state index in [1.807, 2.05) is 38.1 Å².